The molecule has 0 radical (unpaired) electrons. The molecule has 0 aliphatic carbocycles. The molecule has 0 unspecified atom stereocenters. The van der Waals surface area contributed by atoms with Gasteiger partial charge in [-0.15, -0.1) is 11.8 Å². The quantitative estimate of drug-likeness (QED) is 0.721. The van der Waals surface area contributed by atoms with E-state index in [4.69, 9.17) is 5.11 Å². The lowest BCUT2D eigenvalue weighted by molar-refractivity contribution is 0.0692. The number of H-pyrrole nitrogens is 1. The molecule has 1 aromatic heterocycles. The molecule has 3 rings (SSSR count). The number of halogens is 1. The predicted molar refractivity (Wildman–Crippen MR) is 79.0 cm³/mol. The zero-order valence-electron chi connectivity index (χ0n) is 10.8. The van der Waals surface area contributed by atoms with E-state index in [1.54, 1.807) is 11.8 Å². The molecule has 0 bridgehead atoms. The number of aromatic amines is 1. The van der Waals surface area contributed by atoms with Gasteiger partial charge < -0.3 is 10.1 Å². The summed E-state index contributed by atoms with van der Waals surface area (Å²) in [6.07, 6.45) is 0. The summed E-state index contributed by atoms with van der Waals surface area (Å²) in [6.45, 7) is 0. The average Bonchev–Trinajstić information content (AvgIpc) is 2.87. The highest BCUT2D eigenvalue weighted by molar-refractivity contribution is 7.98. The number of rotatable bonds is 4. The van der Waals surface area contributed by atoms with Gasteiger partial charge >= 0.3 is 5.97 Å². The van der Waals surface area contributed by atoms with Gasteiger partial charge in [0.05, 0.1) is 22.3 Å². The molecule has 0 aliphatic heterocycles. The van der Waals surface area contributed by atoms with Gasteiger partial charge in [-0.2, -0.15) is 0 Å². The minimum absolute atomic E-state index is 0.365. The highest BCUT2D eigenvalue weighted by Crippen LogP contribution is 2.23. The number of carbonyl (C=O) groups is 1. The van der Waals surface area contributed by atoms with Crippen molar-refractivity contribution in [3.8, 4) is 0 Å². The second-order valence-corrected chi connectivity index (χ2v) is 5.49. The molecule has 2 N–H and O–H groups in total. The van der Waals surface area contributed by atoms with Crippen molar-refractivity contribution in [2.45, 2.75) is 10.6 Å². The van der Waals surface area contributed by atoms with E-state index in [9.17, 15) is 9.18 Å². The van der Waals surface area contributed by atoms with Crippen LogP contribution in [0.1, 0.15) is 16.2 Å². The molecule has 0 saturated heterocycles. The highest BCUT2D eigenvalue weighted by atomic mass is 32.2. The van der Waals surface area contributed by atoms with Gasteiger partial charge in [0.1, 0.15) is 11.6 Å². The van der Waals surface area contributed by atoms with E-state index >= 15 is 0 Å². The van der Waals surface area contributed by atoms with Crippen LogP contribution in [0.2, 0.25) is 0 Å². The van der Waals surface area contributed by atoms with Crippen LogP contribution >= 0.6 is 11.8 Å². The Morgan fingerprint density at radius 3 is 2.76 bits per heavy atom. The summed E-state index contributed by atoms with van der Waals surface area (Å²) >= 11 is 1.60. The molecule has 106 valence electrons. The van der Waals surface area contributed by atoms with E-state index in [1.807, 2.05) is 30.3 Å². The van der Waals surface area contributed by atoms with Crippen LogP contribution < -0.4 is 0 Å². The Morgan fingerprint density at radius 2 is 2.05 bits per heavy atom. The summed E-state index contributed by atoms with van der Waals surface area (Å²) in [4.78, 5) is 19.3. The van der Waals surface area contributed by atoms with Gasteiger partial charge in [-0.05, 0) is 18.2 Å². The zero-order valence-corrected chi connectivity index (χ0v) is 11.7. The third-order valence-electron chi connectivity index (χ3n) is 2.97. The van der Waals surface area contributed by atoms with Crippen molar-refractivity contribution in [2.24, 2.45) is 0 Å². The standard InChI is InChI=1S/C15H11FN2O2S/c16-11-7-13-12(6-10(11)15(19)20)17-14(18-13)8-21-9-4-2-1-3-5-9/h1-7H,8H2,(H,17,18)(H,19,20). The van der Waals surface area contributed by atoms with Crippen molar-refractivity contribution < 1.29 is 14.3 Å². The fourth-order valence-electron chi connectivity index (χ4n) is 1.98. The van der Waals surface area contributed by atoms with Gasteiger partial charge in [0.2, 0.25) is 0 Å². The van der Waals surface area contributed by atoms with Gasteiger partial charge in [-0.3, -0.25) is 0 Å². The van der Waals surface area contributed by atoms with Crippen molar-refractivity contribution in [1.82, 2.24) is 9.97 Å². The van der Waals surface area contributed by atoms with Crippen LogP contribution in [0.4, 0.5) is 4.39 Å². The fourth-order valence-corrected chi connectivity index (χ4v) is 2.77. The summed E-state index contributed by atoms with van der Waals surface area (Å²) < 4.78 is 13.6. The number of nitrogens with zero attached hydrogens (tertiary/aromatic N) is 1. The number of thioether (sulfide) groups is 1. The van der Waals surface area contributed by atoms with Crippen molar-refractivity contribution >= 4 is 28.8 Å². The predicted octanol–water partition coefficient (Wildman–Crippen LogP) is 3.69. The smallest absolute Gasteiger partial charge is 0.338 e. The van der Waals surface area contributed by atoms with E-state index in [2.05, 4.69) is 9.97 Å². The Bertz CT molecular complexity index is 802. The number of hydrogen-bond acceptors (Lipinski definition) is 3. The maximum Gasteiger partial charge on any atom is 0.338 e. The second kappa shape index (κ2) is 5.57. The number of carboxylic acid groups (broad SMARTS) is 1. The van der Waals surface area contributed by atoms with Crippen LogP contribution in [0.5, 0.6) is 0 Å². The zero-order chi connectivity index (χ0) is 14.8. The maximum absolute atomic E-state index is 13.6. The lowest BCUT2D eigenvalue weighted by Gasteiger charge is -1.97. The van der Waals surface area contributed by atoms with Crippen LogP contribution in [0.3, 0.4) is 0 Å². The first kappa shape index (κ1) is 13.6. The van der Waals surface area contributed by atoms with Crippen LogP contribution in [-0.4, -0.2) is 21.0 Å². The van der Waals surface area contributed by atoms with Crippen LogP contribution in [-0.2, 0) is 5.75 Å². The molecule has 0 aliphatic rings. The number of imidazole rings is 1. The van der Waals surface area contributed by atoms with Crippen molar-refractivity contribution in [2.75, 3.05) is 0 Å². The largest absolute Gasteiger partial charge is 0.478 e. The molecule has 3 aromatic rings. The molecule has 4 nitrogen and oxygen atoms in total. The highest BCUT2D eigenvalue weighted by Gasteiger charge is 2.14. The number of hydrogen-bond donors (Lipinski definition) is 2. The molecule has 0 saturated carbocycles. The van der Waals surface area contributed by atoms with Crippen molar-refractivity contribution in [3.63, 3.8) is 0 Å². The molecule has 21 heavy (non-hydrogen) atoms. The van der Waals surface area contributed by atoms with Gasteiger partial charge in [0, 0.05) is 11.0 Å². The molecule has 0 atom stereocenters. The summed E-state index contributed by atoms with van der Waals surface area (Å²) in [6, 6.07) is 12.3. The normalized spacial score (nSPS) is 10.9. The van der Waals surface area contributed by atoms with Crippen molar-refractivity contribution in [3.05, 3.63) is 59.7 Å². The first-order valence-electron chi connectivity index (χ1n) is 6.23. The molecule has 1 heterocycles. The fraction of sp³-hybridized carbons (Fsp3) is 0.0667. The van der Waals surface area contributed by atoms with E-state index in [0.29, 0.717) is 22.6 Å². The Hall–Kier alpha value is -2.34. The third-order valence-corrected chi connectivity index (χ3v) is 3.99. The first-order chi connectivity index (χ1) is 10.1. The molecular formula is C15H11FN2O2S. The number of nitrogens with one attached hydrogen (secondary N) is 1. The molecule has 0 fully saturated rings. The van der Waals surface area contributed by atoms with E-state index in [1.165, 1.54) is 12.1 Å². The maximum atomic E-state index is 13.6. The van der Waals surface area contributed by atoms with Crippen molar-refractivity contribution in [1.29, 1.82) is 0 Å². The van der Waals surface area contributed by atoms with Gasteiger partial charge in [0.25, 0.3) is 0 Å². The van der Waals surface area contributed by atoms with Crippen LogP contribution in [0, 0.1) is 5.82 Å². The summed E-state index contributed by atoms with van der Waals surface area (Å²) in [5.74, 6) is -0.776. The Labute approximate surface area is 124 Å². The second-order valence-electron chi connectivity index (χ2n) is 4.44. The minimum atomic E-state index is -1.29. The molecular weight excluding hydrogens is 291 g/mol. The Kier molecular flexibility index (Phi) is 3.62. The van der Waals surface area contributed by atoms with E-state index < -0.39 is 11.8 Å². The summed E-state index contributed by atoms with van der Waals surface area (Å²) in [5, 5.41) is 8.90. The Morgan fingerprint density at radius 1 is 1.29 bits per heavy atom. The molecule has 0 spiro atoms. The van der Waals surface area contributed by atoms with E-state index in [0.717, 1.165) is 4.90 Å². The van der Waals surface area contributed by atoms with Gasteiger partial charge in [-0.25, -0.2) is 14.2 Å². The average molecular weight is 302 g/mol. The third kappa shape index (κ3) is 2.90. The van der Waals surface area contributed by atoms with Crippen LogP contribution in [0.25, 0.3) is 11.0 Å². The van der Waals surface area contributed by atoms with Crippen LogP contribution in [0.15, 0.2) is 47.4 Å². The molecule has 6 heteroatoms. The number of fused-ring (bicyclic) bond motifs is 1. The SMILES string of the molecule is O=C(O)c1cc2nc(CSc3ccccc3)[nH]c2cc1F. The lowest BCUT2D eigenvalue weighted by Crippen LogP contribution is -1.99. The van der Waals surface area contributed by atoms with Gasteiger partial charge in [0.15, 0.2) is 0 Å². The van der Waals surface area contributed by atoms with E-state index in [-0.39, 0.29) is 5.56 Å². The first-order valence-corrected chi connectivity index (χ1v) is 7.21. The molecule has 2 aromatic carbocycles. The topological polar surface area (TPSA) is 66.0 Å². The summed E-state index contributed by atoms with van der Waals surface area (Å²) in [5.41, 5.74) is 0.592. The minimum Gasteiger partial charge on any atom is -0.478 e. The van der Waals surface area contributed by atoms with Gasteiger partial charge in [-0.1, -0.05) is 18.2 Å². The number of aromatic nitrogens is 2. The monoisotopic (exact) mass is 302 g/mol. The number of carboxylic acids is 1. The lowest BCUT2D eigenvalue weighted by atomic mass is 10.2. The Balaban J connectivity index is 1.86. The molecule has 0 amide bonds. The number of aromatic carboxylic acids is 1. The number of benzene rings is 2. The summed E-state index contributed by atoms with van der Waals surface area (Å²) in [7, 11) is 0.